The molecule has 0 bridgehead atoms. The summed E-state index contributed by atoms with van der Waals surface area (Å²) in [7, 11) is 1.96. The van der Waals surface area contributed by atoms with E-state index in [1.807, 2.05) is 54.9 Å². The van der Waals surface area contributed by atoms with Gasteiger partial charge in [-0.2, -0.15) is 0 Å². The van der Waals surface area contributed by atoms with Crippen LogP contribution in [0.1, 0.15) is 12.0 Å². The van der Waals surface area contributed by atoms with Gasteiger partial charge in [-0.3, -0.25) is 0 Å². The van der Waals surface area contributed by atoms with Gasteiger partial charge >= 0.3 is 0 Å². The molecule has 2 heterocycles. The number of hydrogen-bond donors (Lipinski definition) is 0. The van der Waals surface area contributed by atoms with Gasteiger partial charge in [-0.25, -0.2) is 0 Å². The van der Waals surface area contributed by atoms with Crippen LogP contribution in [-0.4, -0.2) is 40.3 Å². The van der Waals surface area contributed by atoms with Crippen molar-refractivity contribution in [3.8, 4) is 28.6 Å². The molecule has 0 fully saturated rings. The Labute approximate surface area is 179 Å². The van der Waals surface area contributed by atoms with E-state index in [0.29, 0.717) is 19.8 Å². The molecule has 29 heavy (non-hydrogen) atoms. The number of rotatable bonds is 6. The molecule has 0 spiro atoms. The molecule has 4 rings (SSSR count). The molecule has 0 radical (unpaired) electrons. The summed E-state index contributed by atoms with van der Waals surface area (Å²) in [4.78, 5) is 0. The summed E-state index contributed by atoms with van der Waals surface area (Å²) in [6.45, 7) is 3.86. The molecule has 0 unspecified atom stereocenters. The Kier molecular flexibility index (Phi) is 6.16. The summed E-state index contributed by atoms with van der Waals surface area (Å²) >= 11 is 7.65. The largest absolute Gasteiger partial charge is 0.493 e. The minimum atomic E-state index is 0.567. The number of benzene rings is 2. The van der Waals surface area contributed by atoms with Gasteiger partial charge in [0.2, 0.25) is 0 Å². The highest BCUT2D eigenvalue weighted by atomic mass is 35.5. The first-order valence-corrected chi connectivity index (χ1v) is 10.8. The highest BCUT2D eigenvalue weighted by Gasteiger charge is 2.16. The molecule has 0 saturated heterocycles. The maximum atomic E-state index is 6.05. The fourth-order valence-corrected chi connectivity index (χ4v) is 3.84. The SMILES string of the molecule is Cc1cc(OCCSc2nnc(-c3ccc4c(c3)OCCCO4)n2C)ccc1Cl. The average molecular weight is 432 g/mol. The number of halogens is 1. The second kappa shape index (κ2) is 8.97. The summed E-state index contributed by atoms with van der Waals surface area (Å²) < 4.78 is 19.3. The summed E-state index contributed by atoms with van der Waals surface area (Å²) in [5.74, 6) is 3.90. The van der Waals surface area contributed by atoms with Gasteiger partial charge in [0.05, 0.1) is 19.8 Å². The molecule has 1 aliphatic heterocycles. The zero-order valence-corrected chi connectivity index (χ0v) is 17.9. The van der Waals surface area contributed by atoms with Gasteiger partial charge < -0.3 is 18.8 Å². The number of fused-ring (bicyclic) bond motifs is 1. The molecule has 6 nitrogen and oxygen atoms in total. The van der Waals surface area contributed by atoms with E-state index in [1.54, 1.807) is 11.8 Å². The van der Waals surface area contributed by atoms with Crippen molar-refractivity contribution in [2.75, 3.05) is 25.6 Å². The van der Waals surface area contributed by atoms with Gasteiger partial charge in [0.1, 0.15) is 5.75 Å². The molecule has 2 aromatic carbocycles. The second-order valence-corrected chi connectivity index (χ2v) is 8.15. The van der Waals surface area contributed by atoms with Crippen LogP contribution in [0.15, 0.2) is 41.6 Å². The molecule has 0 N–H and O–H groups in total. The lowest BCUT2D eigenvalue weighted by Crippen LogP contribution is -2.02. The lowest BCUT2D eigenvalue weighted by atomic mass is 10.2. The molecular weight excluding hydrogens is 410 g/mol. The fourth-order valence-electron chi connectivity index (χ4n) is 2.99. The van der Waals surface area contributed by atoms with Crippen LogP contribution in [-0.2, 0) is 7.05 Å². The number of thioether (sulfide) groups is 1. The van der Waals surface area contributed by atoms with E-state index in [4.69, 9.17) is 25.8 Å². The maximum Gasteiger partial charge on any atom is 0.191 e. The van der Waals surface area contributed by atoms with Gasteiger partial charge in [-0.05, 0) is 48.9 Å². The van der Waals surface area contributed by atoms with Gasteiger partial charge in [-0.15, -0.1) is 10.2 Å². The zero-order valence-electron chi connectivity index (χ0n) is 16.4. The van der Waals surface area contributed by atoms with Crippen LogP contribution in [0, 0.1) is 6.92 Å². The molecule has 1 aliphatic rings. The van der Waals surface area contributed by atoms with Crippen LogP contribution in [0.3, 0.4) is 0 Å². The lowest BCUT2D eigenvalue weighted by Gasteiger charge is -2.09. The van der Waals surface area contributed by atoms with E-state index < -0.39 is 0 Å². The number of ether oxygens (including phenoxy) is 3. The molecule has 0 atom stereocenters. The molecular formula is C21H22ClN3O3S. The standard InChI is InChI=1S/C21H22ClN3O3S/c1-14-12-16(5-6-17(14)22)26-10-11-29-21-24-23-20(25(21)2)15-4-7-18-19(13-15)28-9-3-8-27-18/h4-7,12-13H,3,8-11H2,1-2H3. The van der Waals surface area contributed by atoms with Gasteiger partial charge in [0.15, 0.2) is 22.5 Å². The summed E-state index contributed by atoms with van der Waals surface area (Å²) in [6, 6.07) is 11.5. The Balaban J connectivity index is 1.38. The Hall–Kier alpha value is -2.38. The first kappa shape index (κ1) is 19.9. The average Bonchev–Trinajstić information content (AvgIpc) is 2.93. The topological polar surface area (TPSA) is 58.4 Å². The summed E-state index contributed by atoms with van der Waals surface area (Å²) in [5.41, 5.74) is 1.95. The molecule has 1 aromatic heterocycles. The second-order valence-electron chi connectivity index (χ2n) is 6.69. The molecule has 8 heteroatoms. The van der Waals surface area contributed by atoms with Gasteiger partial charge in [0, 0.05) is 29.8 Å². The third kappa shape index (κ3) is 4.62. The first-order chi connectivity index (χ1) is 14.1. The van der Waals surface area contributed by atoms with Crippen molar-refractivity contribution in [1.82, 2.24) is 14.8 Å². The van der Waals surface area contributed by atoms with Crippen molar-refractivity contribution in [2.45, 2.75) is 18.5 Å². The van der Waals surface area contributed by atoms with Crippen molar-refractivity contribution in [3.63, 3.8) is 0 Å². The van der Waals surface area contributed by atoms with Gasteiger partial charge in [-0.1, -0.05) is 23.4 Å². The van der Waals surface area contributed by atoms with E-state index >= 15 is 0 Å². The van der Waals surface area contributed by atoms with Crippen molar-refractivity contribution in [2.24, 2.45) is 7.05 Å². The zero-order chi connectivity index (χ0) is 20.2. The Morgan fingerprint density at radius 3 is 2.76 bits per heavy atom. The monoisotopic (exact) mass is 431 g/mol. The van der Waals surface area contributed by atoms with Crippen molar-refractivity contribution in [3.05, 3.63) is 47.0 Å². The summed E-state index contributed by atoms with van der Waals surface area (Å²) in [6.07, 6.45) is 0.881. The first-order valence-electron chi connectivity index (χ1n) is 9.43. The van der Waals surface area contributed by atoms with Crippen molar-refractivity contribution in [1.29, 1.82) is 0 Å². The van der Waals surface area contributed by atoms with Crippen LogP contribution in [0.5, 0.6) is 17.2 Å². The van der Waals surface area contributed by atoms with Gasteiger partial charge in [0.25, 0.3) is 0 Å². The predicted octanol–water partition coefficient (Wildman–Crippen LogP) is 4.78. The molecule has 0 amide bonds. The molecule has 0 saturated carbocycles. The minimum Gasteiger partial charge on any atom is -0.493 e. The van der Waals surface area contributed by atoms with E-state index in [-0.39, 0.29) is 0 Å². The predicted molar refractivity (Wildman–Crippen MR) is 114 cm³/mol. The van der Waals surface area contributed by atoms with Crippen LogP contribution >= 0.6 is 23.4 Å². The number of aryl methyl sites for hydroxylation is 1. The maximum absolute atomic E-state index is 6.05. The molecule has 152 valence electrons. The third-order valence-electron chi connectivity index (χ3n) is 4.55. The van der Waals surface area contributed by atoms with E-state index in [2.05, 4.69) is 10.2 Å². The van der Waals surface area contributed by atoms with E-state index in [1.165, 1.54) is 0 Å². The van der Waals surface area contributed by atoms with E-state index in [9.17, 15) is 0 Å². The van der Waals surface area contributed by atoms with Crippen LogP contribution in [0.2, 0.25) is 5.02 Å². The van der Waals surface area contributed by atoms with Crippen LogP contribution in [0.25, 0.3) is 11.4 Å². The molecule has 3 aromatic rings. The van der Waals surface area contributed by atoms with Crippen molar-refractivity contribution >= 4 is 23.4 Å². The normalized spacial score (nSPS) is 13.2. The molecule has 0 aliphatic carbocycles. The minimum absolute atomic E-state index is 0.567. The van der Waals surface area contributed by atoms with Crippen LogP contribution < -0.4 is 14.2 Å². The Morgan fingerprint density at radius 2 is 1.93 bits per heavy atom. The number of nitrogens with zero attached hydrogens (tertiary/aromatic N) is 3. The Bertz CT molecular complexity index is 1010. The highest BCUT2D eigenvalue weighted by Crippen LogP contribution is 2.34. The van der Waals surface area contributed by atoms with E-state index in [0.717, 1.165) is 56.6 Å². The highest BCUT2D eigenvalue weighted by molar-refractivity contribution is 7.99. The number of aromatic nitrogens is 3. The number of hydrogen-bond acceptors (Lipinski definition) is 6. The lowest BCUT2D eigenvalue weighted by molar-refractivity contribution is 0.297. The quantitative estimate of drug-likeness (QED) is 0.413. The van der Waals surface area contributed by atoms with Crippen molar-refractivity contribution < 1.29 is 14.2 Å². The Morgan fingerprint density at radius 1 is 1.10 bits per heavy atom. The summed E-state index contributed by atoms with van der Waals surface area (Å²) in [5, 5.41) is 10.3. The fraction of sp³-hybridized carbons (Fsp3) is 0.333. The smallest absolute Gasteiger partial charge is 0.191 e. The van der Waals surface area contributed by atoms with Crippen LogP contribution in [0.4, 0.5) is 0 Å². The third-order valence-corrected chi connectivity index (χ3v) is 5.96.